The monoisotopic (exact) mass is 276 g/mol. The fourth-order valence-corrected chi connectivity index (χ4v) is 1.99. The van der Waals surface area contributed by atoms with Crippen LogP contribution in [0.15, 0.2) is 12.1 Å². The van der Waals surface area contributed by atoms with E-state index < -0.39 is 5.97 Å². The molecule has 0 saturated carbocycles. The van der Waals surface area contributed by atoms with Gasteiger partial charge in [0.1, 0.15) is 0 Å². The van der Waals surface area contributed by atoms with E-state index >= 15 is 0 Å². The quantitative estimate of drug-likeness (QED) is 0.747. The van der Waals surface area contributed by atoms with E-state index in [0.717, 1.165) is 0 Å². The molecule has 0 saturated heterocycles. The number of halogens is 1. The van der Waals surface area contributed by atoms with Crippen LogP contribution in [-0.4, -0.2) is 35.5 Å². The molecule has 0 aliphatic rings. The van der Waals surface area contributed by atoms with Crippen LogP contribution in [-0.2, 0) is 20.2 Å². The fraction of sp³-hybridized carbons (Fsp3) is 0.500. The molecule has 0 unspecified atom stereocenters. The van der Waals surface area contributed by atoms with Gasteiger partial charge in [0.25, 0.3) is 0 Å². The van der Waals surface area contributed by atoms with Gasteiger partial charge in [-0.05, 0) is 12.1 Å². The van der Waals surface area contributed by atoms with Gasteiger partial charge in [-0.25, -0.2) is 0 Å². The Morgan fingerprint density at radius 2 is 1.44 bits per heavy atom. The molecule has 5 nitrogen and oxygen atoms in total. The third-order valence-corrected chi connectivity index (χ3v) is 2.87. The van der Waals surface area contributed by atoms with E-state index in [4.69, 9.17) is 35.3 Å². The van der Waals surface area contributed by atoms with Gasteiger partial charge in [-0.1, -0.05) is 11.6 Å². The molecule has 102 valence electrons. The fourth-order valence-electron chi connectivity index (χ4n) is 1.70. The Kier molecular flexibility index (Phi) is 5.22. The normalized spacial score (nSPS) is 11.4. The van der Waals surface area contributed by atoms with E-state index in [2.05, 4.69) is 0 Å². The Morgan fingerprint density at radius 1 is 0.889 bits per heavy atom. The summed E-state index contributed by atoms with van der Waals surface area (Å²) in [4.78, 5) is 0. The molecule has 6 heteroatoms. The highest BCUT2D eigenvalue weighted by atomic mass is 35.5. The van der Waals surface area contributed by atoms with Crippen LogP contribution in [0.2, 0.25) is 5.02 Å². The van der Waals surface area contributed by atoms with Crippen LogP contribution in [0.4, 0.5) is 0 Å². The molecule has 0 amide bonds. The summed E-state index contributed by atoms with van der Waals surface area (Å²) in [5, 5.41) is 0.377. The number of hydrogen-bond acceptors (Lipinski definition) is 5. The van der Waals surface area contributed by atoms with Gasteiger partial charge in [-0.15, -0.1) is 0 Å². The third-order valence-electron chi connectivity index (χ3n) is 2.59. The summed E-state index contributed by atoms with van der Waals surface area (Å²) in [5.74, 6) is -0.418. The maximum atomic E-state index is 6.12. The number of rotatable bonds is 6. The first-order valence-electron chi connectivity index (χ1n) is 5.16. The zero-order valence-corrected chi connectivity index (χ0v) is 11.8. The molecule has 1 aromatic rings. The van der Waals surface area contributed by atoms with Crippen molar-refractivity contribution in [2.45, 2.75) is 5.97 Å². The van der Waals surface area contributed by atoms with Gasteiger partial charge in [0, 0.05) is 26.9 Å². The number of methoxy groups -OCH3 is 5. The second-order valence-electron chi connectivity index (χ2n) is 3.36. The van der Waals surface area contributed by atoms with Crippen LogP contribution >= 0.6 is 11.6 Å². The summed E-state index contributed by atoms with van der Waals surface area (Å²) >= 11 is 6.12. The van der Waals surface area contributed by atoms with Gasteiger partial charge in [0.05, 0.1) is 19.2 Å². The van der Waals surface area contributed by atoms with E-state index in [1.165, 1.54) is 35.5 Å². The molecule has 0 aromatic heterocycles. The largest absolute Gasteiger partial charge is 0.493 e. The summed E-state index contributed by atoms with van der Waals surface area (Å²) < 4.78 is 26.1. The lowest BCUT2D eigenvalue weighted by Gasteiger charge is -2.29. The van der Waals surface area contributed by atoms with Crippen molar-refractivity contribution >= 4 is 11.6 Å². The third kappa shape index (κ3) is 2.54. The van der Waals surface area contributed by atoms with Gasteiger partial charge in [-0.2, -0.15) is 0 Å². The molecule has 0 aliphatic carbocycles. The van der Waals surface area contributed by atoms with Gasteiger partial charge in [0.15, 0.2) is 11.5 Å². The van der Waals surface area contributed by atoms with Crippen molar-refractivity contribution in [1.82, 2.24) is 0 Å². The van der Waals surface area contributed by atoms with Crippen LogP contribution in [0.5, 0.6) is 11.5 Å². The van der Waals surface area contributed by atoms with Crippen molar-refractivity contribution in [2.24, 2.45) is 0 Å². The number of ether oxygens (including phenoxy) is 5. The minimum absolute atomic E-state index is 0.377. The van der Waals surface area contributed by atoms with Crippen molar-refractivity contribution in [3.8, 4) is 11.5 Å². The molecule has 0 N–H and O–H groups in total. The van der Waals surface area contributed by atoms with Crippen molar-refractivity contribution < 1.29 is 23.7 Å². The Balaban J connectivity index is 3.38. The zero-order chi connectivity index (χ0) is 13.8. The van der Waals surface area contributed by atoms with Crippen LogP contribution in [0.3, 0.4) is 0 Å². The van der Waals surface area contributed by atoms with E-state index in [1.54, 1.807) is 12.1 Å². The summed E-state index contributed by atoms with van der Waals surface area (Å²) in [6, 6.07) is 3.32. The van der Waals surface area contributed by atoms with Crippen molar-refractivity contribution in [1.29, 1.82) is 0 Å². The Bertz CT molecular complexity index is 395. The predicted octanol–water partition coefficient (Wildman–Crippen LogP) is 2.41. The molecule has 0 radical (unpaired) electrons. The summed E-state index contributed by atoms with van der Waals surface area (Å²) in [7, 11) is 7.44. The molecular formula is C12H17ClO5. The minimum Gasteiger partial charge on any atom is -0.493 e. The Hall–Kier alpha value is -1.01. The average molecular weight is 277 g/mol. The zero-order valence-electron chi connectivity index (χ0n) is 11.1. The van der Waals surface area contributed by atoms with E-state index in [9.17, 15) is 0 Å². The maximum absolute atomic E-state index is 6.12. The highest BCUT2D eigenvalue weighted by Crippen LogP contribution is 2.40. The molecule has 0 aliphatic heterocycles. The first-order valence-corrected chi connectivity index (χ1v) is 5.53. The second-order valence-corrected chi connectivity index (χ2v) is 3.77. The molecule has 18 heavy (non-hydrogen) atoms. The van der Waals surface area contributed by atoms with Crippen LogP contribution < -0.4 is 9.47 Å². The van der Waals surface area contributed by atoms with Crippen molar-refractivity contribution in [3.63, 3.8) is 0 Å². The molecule has 0 fully saturated rings. The smallest absolute Gasteiger partial charge is 0.311 e. The topological polar surface area (TPSA) is 46.2 Å². The van der Waals surface area contributed by atoms with Gasteiger partial charge in [-0.3, -0.25) is 0 Å². The highest BCUT2D eigenvalue weighted by molar-refractivity contribution is 6.32. The maximum Gasteiger partial charge on any atom is 0.311 e. The second kappa shape index (κ2) is 6.24. The first-order chi connectivity index (χ1) is 8.58. The molecular weight excluding hydrogens is 260 g/mol. The first kappa shape index (κ1) is 15.0. The van der Waals surface area contributed by atoms with Crippen LogP contribution in [0.1, 0.15) is 5.56 Å². The van der Waals surface area contributed by atoms with Crippen molar-refractivity contribution in [3.05, 3.63) is 22.7 Å². The molecule has 1 aromatic carbocycles. The minimum atomic E-state index is -1.33. The lowest BCUT2D eigenvalue weighted by molar-refractivity contribution is -0.364. The molecule has 1 rings (SSSR count). The lowest BCUT2D eigenvalue weighted by Crippen LogP contribution is -2.32. The predicted molar refractivity (Wildman–Crippen MR) is 67.3 cm³/mol. The Morgan fingerprint density at radius 3 is 1.83 bits per heavy atom. The van der Waals surface area contributed by atoms with Gasteiger partial charge in [0.2, 0.25) is 0 Å². The molecule has 0 bridgehead atoms. The van der Waals surface area contributed by atoms with E-state index in [0.29, 0.717) is 22.1 Å². The number of hydrogen-bond donors (Lipinski definition) is 0. The number of benzene rings is 1. The van der Waals surface area contributed by atoms with Gasteiger partial charge >= 0.3 is 5.97 Å². The standard InChI is InChI=1S/C12H17ClO5/c1-14-10-7-8(6-9(13)11(10)15-2)12(16-3,17-4)18-5/h6-7H,1-5H3. The molecule has 0 atom stereocenters. The molecule has 0 spiro atoms. The van der Waals surface area contributed by atoms with Crippen LogP contribution in [0, 0.1) is 0 Å². The summed E-state index contributed by atoms with van der Waals surface area (Å²) in [5.41, 5.74) is 0.567. The Labute approximate surface area is 111 Å². The highest BCUT2D eigenvalue weighted by Gasteiger charge is 2.34. The van der Waals surface area contributed by atoms with E-state index in [1.807, 2.05) is 0 Å². The summed E-state index contributed by atoms with van der Waals surface area (Å²) in [6.45, 7) is 0. The van der Waals surface area contributed by atoms with Crippen LogP contribution in [0.25, 0.3) is 0 Å². The SMILES string of the molecule is COc1cc(C(OC)(OC)OC)cc(Cl)c1OC. The van der Waals surface area contributed by atoms with Gasteiger partial charge < -0.3 is 23.7 Å². The average Bonchev–Trinajstić information content (AvgIpc) is 2.40. The lowest BCUT2D eigenvalue weighted by atomic mass is 10.1. The van der Waals surface area contributed by atoms with Crippen molar-refractivity contribution in [2.75, 3.05) is 35.5 Å². The van der Waals surface area contributed by atoms with E-state index in [-0.39, 0.29) is 0 Å². The molecule has 0 heterocycles. The summed E-state index contributed by atoms with van der Waals surface area (Å²) in [6.07, 6.45) is 0.